The fourth-order valence-corrected chi connectivity index (χ4v) is 1.79. The van der Waals surface area contributed by atoms with Gasteiger partial charge in [0.1, 0.15) is 0 Å². The highest BCUT2D eigenvalue weighted by Crippen LogP contribution is 2.37. The fourth-order valence-electron chi connectivity index (χ4n) is 1.79. The van der Waals surface area contributed by atoms with Gasteiger partial charge in [0, 0.05) is 12.5 Å². The molecule has 0 saturated heterocycles. The Morgan fingerprint density at radius 3 is 2.67 bits per heavy atom. The highest BCUT2D eigenvalue weighted by molar-refractivity contribution is 5.81. The lowest BCUT2D eigenvalue weighted by atomic mass is 10.1. The van der Waals surface area contributed by atoms with E-state index in [1.165, 1.54) is 5.56 Å². The topological polar surface area (TPSA) is 29.1 Å². The average Bonchev–Trinajstić information content (AvgIpc) is 2.97. The average molecular weight is 203 g/mol. The number of nitrogens with one attached hydrogen (secondary N) is 1. The van der Waals surface area contributed by atoms with Gasteiger partial charge in [0.25, 0.3) is 0 Å². The zero-order valence-corrected chi connectivity index (χ0v) is 9.07. The molecule has 2 heteroatoms. The fraction of sp³-hybridized carbons (Fsp3) is 0.462. The largest absolute Gasteiger partial charge is 0.356 e. The second kappa shape index (κ2) is 4.47. The summed E-state index contributed by atoms with van der Waals surface area (Å²) in [7, 11) is 0. The first-order valence-electron chi connectivity index (χ1n) is 5.59. The summed E-state index contributed by atoms with van der Waals surface area (Å²) >= 11 is 0. The van der Waals surface area contributed by atoms with Crippen LogP contribution in [0.5, 0.6) is 0 Å². The quantitative estimate of drug-likeness (QED) is 0.796. The Morgan fingerprint density at radius 1 is 1.40 bits per heavy atom. The molecule has 1 aliphatic rings. The molecule has 15 heavy (non-hydrogen) atoms. The normalized spacial score (nSPS) is 23.5. The number of carbonyl (C=O) groups is 1. The lowest BCUT2D eigenvalue weighted by Gasteiger charge is -2.04. The first-order chi connectivity index (χ1) is 7.27. The Labute approximate surface area is 90.7 Å². The lowest BCUT2D eigenvalue weighted by Crippen LogP contribution is -2.27. The van der Waals surface area contributed by atoms with E-state index in [0.717, 1.165) is 19.4 Å². The van der Waals surface area contributed by atoms with Gasteiger partial charge in [0.15, 0.2) is 0 Å². The molecule has 2 rings (SSSR count). The molecular weight excluding hydrogens is 186 g/mol. The smallest absolute Gasteiger partial charge is 0.223 e. The Balaban J connectivity index is 1.69. The van der Waals surface area contributed by atoms with Crippen LogP contribution in [-0.4, -0.2) is 12.5 Å². The summed E-state index contributed by atoms with van der Waals surface area (Å²) in [5.41, 5.74) is 1.28. The molecular formula is C13H17NO. The molecule has 0 bridgehead atoms. The zero-order valence-electron chi connectivity index (χ0n) is 9.07. The van der Waals surface area contributed by atoms with Gasteiger partial charge in [-0.1, -0.05) is 37.3 Å². The molecule has 0 aliphatic heterocycles. The standard InChI is InChI=1S/C13H17NO/c1-10-9-12(10)13(15)14-8-7-11-5-3-2-4-6-11/h2-6,10,12H,7-9H2,1H3,(H,14,15). The van der Waals surface area contributed by atoms with Crippen LogP contribution in [0.4, 0.5) is 0 Å². The van der Waals surface area contributed by atoms with E-state index >= 15 is 0 Å². The van der Waals surface area contributed by atoms with Crippen LogP contribution >= 0.6 is 0 Å². The van der Waals surface area contributed by atoms with E-state index < -0.39 is 0 Å². The molecule has 1 aliphatic carbocycles. The Morgan fingerprint density at radius 2 is 2.07 bits per heavy atom. The van der Waals surface area contributed by atoms with E-state index in [1.807, 2.05) is 18.2 Å². The molecule has 0 radical (unpaired) electrons. The molecule has 80 valence electrons. The maximum Gasteiger partial charge on any atom is 0.223 e. The number of benzene rings is 1. The van der Waals surface area contributed by atoms with Gasteiger partial charge < -0.3 is 5.32 Å². The van der Waals surface area contributed by atoms with E-state index in [4.69, 9.17) is 0 Å². The summed E-state index contributed by atoms with van der Waals surface area (Å²) in [4.78, 5) is 11.5. The van der Waals surface area contributed by atoms with Crippen molar-refractivity contribution in [1.29, 1.82) is 0 Å². The summed E-state index contributed by atoms with van der Waals surface area (Å²) in [6, 6.07) is 10.2. The zero-order chi connectivity index (χ0) is 10.7. The van der Waals surface area contributed by atoms with E-state index in [9.17, 15) is 4.79 Å². The van der Waals surface area contributed by atoms with Crippen molar-refractivity contribution in [2.24, 2.45) is 11.8 Å². The van der Waals surface area contributed by atoms with Gasteiger partial charge >= 0.3 is 0 Å². The first-order valence-corrected chi connectivity index (χ1v) is 5.59. The highest BCUT2D eigenvalue weighted by Gasteiger charge is 2.38. The predicted molar refractivity (Wildman–Crippen MR) is 60.4 cm³/mol. The van der Waals surface area contributed by atoms with Gasteiger partial charge in [0.05, 0.1) is 0 Å². The molecule has 0 aromatic heterocycles. The third-order valence-corrected chi connectivity index (χ3v) is 3.00. The molecule has 1 aromatic rings. The summed E-state index contributed by atoms with van der Waals surface area (Å²) < 4.78 is 0. The van der Waals surface area contributed by atoms with Crippen LogP contribution in [0.2, 0.25) is 0 Å². The van der Waals surface area contributed by atoms with Crippen molar-refractivity contribution in [1.82, 2.24) is 5.32 Å². The van der Waals surface area contributed by atoms with Crippen LogP contribution in [0.1, 0.15) is 18.9 Å². The minimum atomic E-state index is 0.235. The molecule has 2 unspecified atom stereocenters. The maximum atomic E-state index is 11.5. The third-order valence-electron chi connectivity index (χ3n) is 3.00. The number of hydrogen-bond acceptors (Lipinski definition) is 1. The van der Waals surface area contributed by atoms with Crippen LogP contribution in [0.3, 0.4) is 0 Å². The summed E-state index contributed by atoms with van der Waals surface area (Å²) in [6.45, 7) is 2.88. The number of amides is 1. The van der Waals surface area contributed by atoms with Crippen LogP contribution < -0.4 is 5.32 Å². The Hall–Kier alpha value is -1.31. The minimum Gasteiger partial charge on any atom is -0.356 e. The summed E-state index contributed by atoms with van der Waals surface area (Å²) in [5.74, 6) is 1.13. The lowest BCUT2D eigenvalue weighted by molar-refractivity contribution is -0.122. The number of rotatable bonds is 4. The molecule has 1 N–H and O–H groups in total. The Kier molecular flexibility index (Phi) is 3.05. The van der Waals surface area contributed by atoms with Crippen molar-refractivity contribution in [3.63, 3.8) is 0 Å². The van der Waals surface area contributed by atoms with E-state index in [1.54, 1.807) is 0 Å². The van der Waals surface area contributed by atoms with Gasteiger partial charge in [-0.15, -0.1) is 0 Å². The molecule has 0 heterocycles. The van der Waals surface area contributed by atoms with Crippen LogP contribution in [0, 0.1) is 11.8 Å². The number of hydrogen-bond donors (Lipinski definition) is 1. The molecule has 1 saturated carbocycles. The minimum absolute atomic E-state index is 0.235. The van der Waals surface area contributed by atoms with Crippen LogP contribution in [0.25, 0.3) is 0 Å². The molecule has 2 atom stereocenters. The predicted octanol–water partition coefficient (Wildman–Crippen LogP) is 2.00. The summed E-state index contributed by atoms with van der Waals surface area (Å²) in [6.07, 6.45) is 1.99. The summed E-state index contributed by atoms with van der Waals surface area (Å²) in [5, 5.41) is 2.98. The van der Waals surface area contributed by atoms with E-state index in [-0.39, 0.29) is 5.91 Å². The van der Waals surface area contributed by atoms with E-state index in [0.29, 0.717) is 11.8 Å². The molecule has 1 amide bonds. The van der Waals surface area contributed by atoms with Crippen molar-refractivity contribution in [2.75, 3.05) is 6.54 Å². The van der Waals surface area contributed by atoms with Gasteiger partial charge in [-0.2, -0.15) is 0 Å². The first kappa shape index (κ1) is 10.2. The molecule has 0 spiro atoms. The molecule has 1 aromatic carbocycles. The monoisotopic (exact) mass is 203 g/mol. The molecule has 1 fully saturated rings. The second-order valence-corrected chi connectivity index (χ2v) is 4.35. The number of carbonyl (C=O) groups excluding carboxylic acids is 1. The van der Waals surface area contributed by atoms with Gasteiger partial charge in [-0.3, -0.25) is 4.79 Å². The van der Waals surface area contributed by atoms with Crippen molar-refractivity contribution >= 4 is 5.91 Å². The third kappa shape index (κ3) is 2.82. The highest BCUT2D eigenvalue weighted by atomic mass is 16.2. The molecule has 2 nitrogen and oxygen atoms in total. The van der Waals surface area contributed by atoms with Crippen LogP contribution in [-0.2, 0) is 11.2 Å². The SMILES string of the molecule is CC1CC1C(=O)NCCc1ccccc1. The van der Waals surface area contributed by atoms with Crippen LogP contribution in [0.15, 0.2) is 30.3 Å². The maximum absolute atomic E-state index is 11.5. The van der Waals surface area contributed by atoms with Crippen molar-refractivity contribution in [3.05, 3.63) is 35.9 Å². The van der Waals surface area contributed by atoms with Gasteiger partial charge in [-0.05, 0) is 24.3 Å². The van der Waals surface area contributed by atoms with Gasteiger partial charge in [0.2, 0.25) is 5.91 Å². The van der Waals surface area contributed by atoms with Gasteiger partial charge in [-0.25, -0.2) is 0 Å². The van der Waals surface area contributed by atoms with E-state index in [2.05, 4.69) is 24.4 Å². The van der Waals surface area contributed by atoms with Crippen molar-refractivity contribution in [3.8, 4) is 0 Å². The van der Waals surface area contributed by atoms with Crippen molar-refractivity contribution in [2.45, 2.75) is 19.8 Å². The second-order valence-electron chi connectivity index (χ2n) is 4.35. The Bertz CT molecular complexity index is 334. The van der Waals surface area contributed by atoms with Crippen molar-refractivity contribution < 1.29 is 4.79 Å².